The fourth-order valence-corrected chi connectivity index (χ4v) is 1.93. The molecule has 0 aliphatic rings. The highest BCUT2D eigenvalue weighted by atomic mass is 16.6. The number of carbonyl (C=O) groups excluding carboxylic acids is 1. The first-order valence-electron chi connectivity index (χ1n) is 5.98. The van der Waals surface area contributed by atoms with Crippen molar-refractivity contribution in [3.05, 3.63) is 16.7 Å². The molecule has 2 aromatic heterocycles. The van der Waals surface area contributed by atoms with Crippen LogP contribution in [0.5, 0.6) is 0 Å². The van der Waals surface area contributed by atoms with E-state index in [1.54, 1.807) is 4.57 Å². The summed E-state index contributed by atoms with van der Waals surface area (Å²) in [7, 11) is 0. The lowest BCUT2D eigenvalue weighted by atomic mass is 10.1. The predicted molar refractivity (Wildman–Crippen MR) is 69.8 cm³/mol. The van der Waals surface area contributed by atoms with Gasteiger partial charge in [-0.25, -0.2) is 4.98 Å². The number of nitrogen functional groups attached to an aromatic ring is 1. The van der Waals surface area contributed by atoms with Crippen LogP contribution in [0.25, 0.3) is 11.2 Å². The number of aldehydes is 1. The summed E-state index contributed by atoms with van der Waals surface area (Å²) >= 11 is 0. The van der Waals surface area contributed by atoms with Gasteiger partial charge in [-0.2, -0.15) is 4.98 Å². The Kier molecular flexibility index (Phi) is 4.43. The molecule has 9 heteroatoms. The van der Waals surface area contributed by atoms with Crippen LogP contribution in [0.4, 0.5) is 5.95 Å². The third-order valence-electron chi connectivity index (χ3n) is 2.82. The highest BCUT2D eigenvalue weighted by molar-refractivity contribution is 5.70. The SMILES string of the molecule is Nc1nc2c(ncn2C[C@@H](CC=O)COCO)c(=O)[nH]1. The van der Waals surface area contributed by atoms with Crippen molar-refractivity contribution in [1.82, 2.24) is 19.5 Å². The molecule has 0 unspecified atom stereocenters. The maximum Gasteiger partial charge on any atom is 0.280 e. The van der Waals surface area contributed by atoms with Crippen molar-refractivity contribution in [1.29, 1.82) is 0 Å². The molecule has 0 aliphatic heterocycles. The van der Waals surface area contributed by atoms with Crippen LogP contribution in [0.2, 0.25) is 0 Å². The second-order valence-electron chi connectivity index (χ2n) is 4.29. The number of nitrogens with two attached hydrogens (primary N) is 1. The van der Waals surface area contributed by atoms with E-state index in [-0.39, 0.29) is 30.4 Å². The number of ether oxygens (including phenoxy) is 1. The Morgan fingerprint density at radius 2 is 2.40 bits per heavy atom. The number of nitrogens with zero attached hydrogens (tertiary/aromatic N) is 3. The highest BCUT2D eigenvalue weighted by Crippen LogP contribution is 2.12. The summed E-state index contributed by atoms with van der Waals surface area (Å²) in [5, 5.41) is 8.65. The number of hydrogen-bond donors (Lipinski definition) is 3. The van der Waals surface area contributed by atoms with E-state index in [9.17, 15) is 9.59 Å². The molecule has 2 heterocycles. The van der Waals surface area contributed by atoms with Gasteiger partial charge in [0, 0.05) is 18.9 Å². The molecule has 2 rings (SSSR count). The fourth-order valence-electron chi connectivity index (χ4n) is 1.93. The summed E-state index contributed by atoms with van der Waals surface area (Å²) in [5.41, 5.74) is 5.63. The van der Waals surface area contributed by atoms with E-state index in [4.69, 9.17) is 15.6 Å². The van der Waals surface area contributed by atoms with E-state index < -0.39 is 12.4 Å². The van der Waals surface area contributed by atoms with Crippen LogP contribution in [-0.4, -0.2) is 44.3 Å². The molecule has 0 saturated carbocycles. The smallest absolute Gasteiger partial charge is 0.280 e. The summed E-state index contributed by atoms with van der Waals surface area (Å²) in [6.07, 6.45) is 2.50. The monoisotopic (exact) mass is 281 g/mol. The summed E-state index contributed by atoms with van der Waals surface area (Å²) < 4.78 is 6.54. The van der Waals surface area contributed by atoms with E-state index in [1.165, 1.54) is 6.33 Å². The van der Waals surface area contributed by atoms with Crippen molar-refractivity contribution in [3.8, 4) is 0 Å². The summed E-state index contributed by atoms with van der Waals surface area (Å²) in [4.78, 5) is 32.6. The molecule has 1 atom stereocenters. The van der Waals surface area contributed by atoms with Crippen LogP contribution in [0.15, 0.2) is 11.1 Å². The highest BCUT2D eigenvalue weighted by Gasteiger charge is 2.14. The Balaban J connectivity index is 2.27. The Bertz CT molecular complexity index is 650. The second kappa shape index (κ2) is 6.26. The number of hydrogen-bond acceptors (Lipinski definition) is 7. The molecule has 4 N–H and O–H groups in total. The molecule has 0 bridgehead atoms. The van der Waals surface area contributed by atoms with Crippen molar-refractivity contribution >= 4 is 23.4 Å². The fraction of sp³-hybridized carbons (Fsp3) is 0.455. The van der Waals surface area contributed by atoms with E-state index in [2.05, 4.69) is 15.0 Å². The molecule has 0 radical (unpaired) electrons. The molecule has 0 spiro atoms. The average Bonchev–Trinajstić information content (AvgIpc) is 2.79. The van der Waals surface area contributed by atoms with Crippen molar-refractivity contribution < 1.29 is 14.6 Å². The van der Waals surface area contributed by atoms with Gasteiger partial charge < -0.3 is 24.9 Å². The minimum Gasteiger partial charge on any atom is -0.371 e. The zero-order valence-electron chi connectivity index (χ0n) is 10.7. The van der Waals surface area contributed by atoms with Gasteiger partial charge in [0.15, 0.2) is 11.2 Å². The number of aromatic amines is 1. The summed E-state index contributed by atoms with van der Waals surface area (Å²) in [5.74, 6) is -0.151. The number of nitrogens with one attached hydrogen (secondary N) is 1. The summed E-state index contributed by atoms with van der Waals surface area (Å²) in [6, 6.07) is 0. The van der Waals surface area contributed by atoms with Gasteiger partial charge in [-0.3, -0.25) is 9.78 Å². The molecule has 9 nitrogen and oxygen atoms in total. The van der Waals surface area contributed by atoms with Gasteiger partial charge in [-0.05, 0) is 0 Å². The second-order valence-corrected chi connectivity index (χ2v) is 4.29. The number of aliphatic hydroxyl groups excluding tert-OH is 1. The zero-order valence-corrected chi connectivity index (χ0v) is 10.7. The third kappa shape index (κ3) is 3.00. The molecular formula is C11H15N5O4. The maximum absolute atomic E-state index is 11.6. The minimum absolute atomic E-state index is 0.00259. The number of fused-ring (bicyclic) bond motifs is 1. The van der Waals surface area contributed by atoms with E-state index >= 15 is 0 Å². The molecular weight excluding hydrogens is 266 g/mol. The lowest BCUT2D eigenvalue weighted by molar-refractivity contribution is -0.109. The standard InChI is InChI=1S/C11H15N5O4/c12-11-14-9-8(10(19)15-11)13-5-16(9)3-7(1-2-17)4-20-6-18/h2,5,7,18H,1,3-4,6H2,(H3,12,14,15,19)/t7-/m1/s1. The number of anilines is 1. The van der Waals surface area contributed by atoms with Crippen molar-refractivity contribution in [3.63, 3.8) is 0 Å². The Labute approximate surface area is 113 Å². The van der Waals surface area contributed by atoms with Crippen molar-refractivity contribution in [2.75, 3.05) is 19.1 Å². The van der Waals surface area contributed by atoms with Crippen LogP contribution in [0, 0.1) is 5.92 Å². The van der Waals surface area contributed by atoms with E-state index in [1.807, 2.05) is 0 Å². The first-order chi connectivity index (χ1) is 9.65. The molecule has 0 amide bonds. The average molecular weight is 281 g/mol. The third-order valence-corrected chi connectivity index (χ3v) is 2.82. The van der Waals surface area contributed by atoms with E-state index in [0.717, 1.165) is 6.29 Å². The van der Waals surface area contributed by atoms with Gasteiger partial charge in [-0.15, -0.1) is 0 Å². The number of rotatable bonds is 7. The van der Waals surface area contributed by atoms with Crippen molar-refractivity contribution in [2.45, 2.75) is 13.0 Å². The van der Waals surface area contributed by atoms with Gasteiger partial charge in [0.1, 0.15) is 13.1 Å². The number of H-pyrrole nitrogens is 1. The number of aliphatic hydroxyl groups is 1. The predicted octanol–water partition coefficient (Wildman–Crippen LogP) is -1.13. The topological polar surface area (TPSA) is 136 Å². The quantitative estimate of drug-likeness (QED) is 0.431. The van der Waals surface area contributed by atoms with Crippen LogP contribution in [0.1, 0.15) is 6.42 Å². The number of aromatic nitrogens is 4. The number of carbonyl (C=O) groups is 1. The molecule has 0 aromatic carbocycles. The largest absolute Gasteiger partial charge is 0.371 e. The lowest BCUT2D eigenvalue weighted by Crippen LogP contribution is -2.18. The van der Waals surface area contributed by atoms with Crippen LogP contribution < -0.4 is 11.3 Å². The van der Waals surface area contributed by atoms with Gasteiger partial charge in [0.2, 0.25) is 5.95 Å². The van der Waals surface area contributed by atoms with Gasteiger partial charge in [-0.1, -0.05) is 0 Å². The van der Waals surface area contributed by atoms with Crippen LogP contribution >= 0.6 is 0 Å². The van der Waals surface area contributed by atoms with Crippen molar-refractivity contribution in [2.24, 2.45) is 5.92 Å². The zero-order chi connectivity index (χ0) is 14.5. The molecule has 0 saturated heterocycles. The molecule has 2 aromatic rings. The Morgan fingerprint density at radius 3 is 3.10 bits per heavy atom. The molecule has 0 aliphatic carbocycles. The molecule has 20 heavy (non-hydrogen) atoms. The first-order valence-corrected chi connectivity index (χ1v) is 5.98. The Morgan fingerprint density at radius 1 is 1.60 bits per heavy atom. The summed E-state index contributed by atoms with van der Waals surface area (Å²) in [6.45, 7) is 0.184. The van der Waals surface area contributed by atoms with Crippen LogP contribution in [-0.2, 0) is 16.1 Å². The van der Waals surface area contributed by atoms with Gasteiger partial charge in [0.25, 0.3) is 5.56 Å². The maximum atomic E-state index is 11.6. The van der Waals surface area contributed by atoms with E-state index in [0.29, 0.717) is 12.2 Å². The molecule has 108 valence electrons. The molecule has 0 fully saturated rings. The Hall–Kier alpha value is -2.26. The van der Waals surface area contributed by atoms with Gasteiger partial charge >= 0.3 is 0 Å². The minimum atomic E-state index is -0.412. The normalized spacial score (nSPS) is 12.7. The lowest BCUT2D eigenvalue weighted by Gasteiger charge is -2.14. The van der Waals surface area contributed by atoms with Gasteiger partial charge in [0.05, 0.1) is 12.9 Å². The van der Waals surface area contributed by atoms with Crippen LogP contribution in [0.3, 0.4) is 0 Å². The number of imidazole rings is 1. The first kappa shape index (κ1) is 14.2.